The van der Waals surface area contributed by atoms with E-state index in [4.69, 9.17) is 5.73 Å². The van der Waals surface area contributed by atoms with E-state index in [0.29, 0.717) is 17.8 Å². The van der Waals surface area contributed by atoms with E-state index in [1.54, 1.807) is 19.1 Å². The number of anilines is 1. The number of hydrogen-bond acceptors (Lipinski definition) is 4. The molecule has 1 aromatic heterocycles. The Labute approximate surface area is 101 Å². The molecule has 1 unspecified atom stereocenters. The Morgan fingerprint density at radius 3 is 2.82 bits per heavy atom. The minimum atomic E-state index is -0.877. The molecule has 1 rings (SSSR count). The molecule has 94 valence electrons. The van der Waals surface area contributed by atoms with E-state index in [0.717, 1.165) is 6.42 Å². The average molecular weight is 237 g/mol. The van der Waals surface area contributed by atoms with Crippen molar-refractivity contribution in [2.75, 3.05) is 12.3 Å². The van der Waals surface area contributed by atoms with E-state index < -0.39 is 5.60 Å². The molecule has 0 saturated heterocycles. The molecule has 0 fully saturated rings. The van der Waals surface area contributed by atoms with Gasteiger partial charge in [-0.3, -0.25) is 4.79 Å². The number of hydrogen-bond donors (Lipinski definition) is 3. The van der Waals surface area contributed by atoms with Crippen LogP contribution in [0.25, 0.3) is 0 Å². The number of nitrogens with zero attached hydrogens (tertiary/aromatic N) is 1. The van der Waals surface area contributed by atoms with E-state index in [1.165, 1.54) is 6.20 Å². The van der Waals surface area contributed by atoms with Gasteiger partial charge in [-0.05, 0) is 25.5 Å². The van der Waals surface area contributed by atoms with Crippen molar-refractivity contribution in [3.63, 3.8) is 0 Å². The highest BCUT2D eigenvalue weighted by atomic mass is 16.3. The fourth-order valence-electron chi connectivity index (χ4n) is 1.53. The van der Waals surface area contributed by atoms with Gasteiger partial charge in [0.2, 0.25) is 0 Å². The highest BCUT2D eigenvalue weighted by Gasteiger charge is 2.20. The molecule has 0 bridgehead atoms. The molecule has 4 N–H and O–H groups in total. The van der Waals surface area contributed by atoms with Crippen LogP contribution in [0.1, 0.15) is 37.2 Å². The average Bonchev–Trinajstić information content (AvgIpc) is 2.27. The summed E-state index contributed by atoms with van der Waals surface area (Å²) in [6.45, 7) is 3.90. The fourth-order valence-corrected chi connectivity index (χ4v) is 1.53. The summed E-state index contributed by atoms with van der Waals surface area (Å²) < 4.78 is 0. The van der Waals surface area contributed by atoms with Gasteiger partial charge < -0.3 is 16.2 Å². The van der Waals surface area contributed by atoms with Crippen molar-refractivity contribution in [1.82, 2.24) is 10.3 Å². The first-order valence-electron chi connectivity index (χ1n) is 5.67. The van der Waals surface area contributed by atoms with Crippen molar-refractivity contribution in [3.8, 4) is 0 Å². The standard InChI is InChI=1S/C12H19N3O2/c1-3-6-12(2,17)8-15-11(16)10-5-4-9(13)7-14-10/h4-5,7,17H,3,6,8,13H2,1-2H3,(H,15,16). The minimum Gasteiger partial charge on any atom is -0.397 e. The van der Waals surface area contributed by atoms with E-state index in [-0.39, 0.29) is 12.5 Å². The van der Waals surface area contributed by atoms with Crippen LogP contribution in [0.2, 0.25) is 0 Å². The maximum atomic E-state index is 11.7. The second-order valence-electron chi connectivity index (χ2n) is 4.41. The fraction of sp³-hybridized carbons (Fsp3) is 0.500. The Morgan fingerprint density at radius 2 is 2.29 bits per heavy atom. The summed E-state index contributed by atoms with van der Waals surface area (Å²) in [5.74, 6) is -0.304. The molecule has 0 saturated carbocycles. The smallest absolute Gasteiger partial charge is 0.269 e. The number of pyridine rings is 1. The molecule has 0 aromatic carbocycles. The maximum absolute atomic E-state index is 11.7. The van der Waals surface area contributed by atoms with Gasteiger partial charge in [-0.1, -0.05) is 13.3 Å². The molecule has 0 radical (unpaired) electrons. The summed E-state index contributed by atoms with van der Waals surface area (Å²) in [6.07, 6.45) is 2.94. The Kier molecular flexibility index (Phi) is 4.45. The van der Waals surface area contributed by atoms with Gasteiger partial charge in [-0.2, -0.15) is 0 Å². The van der Waals surface area contributed by atoms with Crippen molar-refractivity contribution in [2.45, 2.75) is 32.3 Å². The molecule has 5 nitrogen and oxygen atoms in total. The highest BCUT2D eigenvalue weighted by Crippen LogP contribution is 2.10. The van der Waals surface area contributed by atoms with Crippen LogP contribution in [0.15, 0.2) is 18.3 Å². The lowest BCUT2D eigenvalue weighted by atomic mass is 10.0. The van der Waals surface area contributed by atoms with Gasteiger partial charge in [0.25, 0.3) is 5.91 Å². The summed E-state index contributed by atoms with van der Waals surface area (Å²) in [7, 11) is 0. The molecule has 0 aliphatic rings. The Bertz CT molecular complexity index is 374. The van der Waals surface area contributed by atoms with Crippen LogP contribution >= 0.6 is 0 Å². The number of nitrogens with two attached hydrogens (primary N) is 1. The number of aromatic nitrogens is 1. The van der Waals surface area contributed by atoms with Gasteiger partial charge in [0, 0.05) is 6.54 Å². The molecule has 0 spiro atoms. The lowest BCUT2D eigenvalue weighted by Gasteiger charge is -2.22. The molecule has 1 amide bonds. The Balaban J connectivity index is 2.53. The third kappa shape index (κ3) is 4.40. The van der Waals surface area contributed by atoms with Crippen LogP contribution < -0.4 is 11.1 Å². The summed E-state index contributed by atoms with van der Waals surface area (Å²) in [6, 6.07) is 3.17. The zero-order valence-electron chi connectivity index (χ0n) is 10.2. The summed E-state index contributed by atoms with van der Waals surface area (Å²) in [4.78, 5) is 15.6. The SMILES string of the molecule is CCCC(C)(O)CNC(=O)c1ccc(N)cn1. The van der Waals surface area contributed by atoms with E-state index in [2.05, 4.69) is 10.3 Å². The van der Waals surface area contributed by atoms with E-state index in [1.807, 2.05) is 6.92 Å². The number of carbonyl (C=O) groups is 1. The largest absolute Gasteiger partial charge is 0.397 e. The van der Waals surface area contributed by atoms with Gasteiger partial charge in [0.15, 0.2) is 0 Å². The number of carbonyl (C=O) groups excluding carboxylic acids is 1. The number of amides is 1. The van der Waals surface area contributed by atoms with Crippen LogP contribution in [-0.4, -0.2) is 28.1 Å². The molecule has 5 heteroatoms. The second kappa shape index (κ2) is 5.63. The quantitative estimate of drug-likeness (QED) is 0.711. The van der Waals surface area contributed by atoms with Gasteiger partial charge in [-0.15, -0.1) is 0 Å². The van der Waals surface area contributed by atoms with Crippen molar-refractivity contribution >= 4 is 11.6 Å². The van der Waals surface area contributed by atoms with Crippen molar-refractivity contribution in [2.24, 2.45) is 0 Å². The maximum Gasteiger partial charge on any atom is 0.269 e. The molecule has 1 heterocycles. The highest BCUT2D eigenvalue weighted by molar-refractivity contribution is 5.92. The second-order valence-corrected chi connectivity index (χ2v) is 4.41. The predicted molar refractivity (Wildman–Crippen MR) is 66.5 cm³/mol. The van der Waals surface area contributed by atoms with Crippen LogP contribution in [0.4, 0.5) is 5.69 Å². The molecular weight excluding hydrogens is 218 g/mol. The molecular formula is C12H19N3O2. The van der Waals surface area contributed by atoms with Crippen molar-refractivity contribution in [3.05, 3.63) is 24.0 Å². The van der Waals surface area contributed by atoms with Crippen molar-refractivity contribution < 1.29 is 9.90 Å². The Hall–Kier alpha value is -1.62. The Morgan fingerprint density at radius 1 is 1.59 bits per heavy atom. The normalized spacial score (nSPS) is 14.1. The number of aliphatic hydroxyl groups is 1. The zero-order chi connectivity index (χ0) is 12.9. The molecule has 1 atom stereocenters. The van der Waals surface area contributed by atoms with E-state index >= 15 is 0 Å². The van der Waals surface area contributed by atoms with Crippen LogP contribution in [0.3, 0.4) is 0 Å². The van der Waals surface area contributed by atoms with Crippen molar-refractivity contribution in [1.29, 1.82) is 0 Å². The van der Waals surface area contributed by atoms with Gasteiger partial charge >= 0.3 is 0 Å². The number of nitrogen functional groups attached to an aromatic ring is 1. The van der Waals surface area contributed by atoms with E-state index in [9.17, 15) is 9.90 Å². The minimum absolute atomic E-state index is 0.214. The molecule has 0 aliphatic carbocycles. The lowest BCUT2D eigenvalue weighted by Crippen LogP contribution is -2.40. The summed E-state index contributed by atoms with van der Waals surface area (Å²) >= 11 is 0. The molecule has 17 heavy (non-hydrogen) atoms. The zero-order valence-corrected chi connectivity index (χ0v) is 10.2. The number of nitrogens with one attached hydrogen (secondary N) is 1. The first-order chi connectivity index (χ1) is 7.94. The first kappa shape index (κ1) is 13.4. The summed E-state index contributed by atoms with van der Waals surface area (Å²) in [5.41, 5.74) is 5.41. The van der Waals surface area contributed by atoms with Crippen LogP contribution in [0, 0.1) is 0 Å². The third-order valence-electron chi connectivity index (χ3n) is 2.44. The van der Waals surface area contributed by atoms with Crippen LogP contribution in [0.5, 0.6) is 0 Å². The first-order valence-corrected chi connectivity index (χ1v) is 5.67. The number of rotatable bonds is 5. The van der Waals surface area contributed by atoms with Gasteiger partial charge in [0.1, 0.15) is 5.69 Å². The monoisotopic (exact) mass is 237 g/mol. The van der Waals surface area contributed by atoms with Gasteiger partial charge in [0.05, 0.1) is 17.5 Å². The third-order valence-corrected chi connectivity index (χ3v) is 2.44. The molecule has 1 aromatic rings. The topological polar surface area (TPSA) is 88.2 Å². The van der Waals surface area contributed by atoms with Gasteiger partial charge in [-0.25, -0.2) is 4.98 Å². The lowest BCUT2D eigenvalue weighted by molar-refractivity contribution is 0.0468. The predicted octanol–water partition coefficient (Wildman–Crippen LogP) is 0.945. The molecule has 0 aliphatic heterocycles. The van der Waals surface area contributed by atoms with Crippen LogP contribution in [-0.2, 0) is 0 Å². The summed E-state index contributed by atoms with van der Waals surface area (Å²) in [5, 5.41) is 12.6.